The summed E-state index contributed by atoms with van der Waals surface area (Å²) in [5.41, 5.74) is 0.245. The number of hydrogen-bond donors (Lipinski definition) is 1. The molecule has 0 spiro atoms. The molecule has 1 unspecified atom stereocenters. The van der Waals surface area contributed by atoms with Crippen LogP contribution in [0.2, 0.25) is 0 Å². The van der Waals surface area contributed by atoms with E-state index >= 15 is 0 Å². The molecule has 3 aromatic rings. The van der Waals surface area contributed by atoms with Crippen molar-refractivity contribution in [1.29, 1.82) is 0 Å². The van der Waals surface area contributed by atoms with Crippen molar-refractivity contribution in [2.45, 2.75) is 32.4 Å². The number of aryl methyl sites for hydroxylation is 1. The van der Waals surface area contributed by atoms with Crippen LogP contribution in [-0.2, 0) is 26.5 Å². The molecule has 10 heteroatoms. The Bertz CT molecular complexity index is 1240. The molecule has 1 fully saturated rings. The minimum Gasteiger partial charge on any atom is -0.458 e. The van der Waals surface area contributed by atoms with Gasteiger partial charge in [0, 0.05) is 17.1 Å². The normalized spacial score (nSPS) is 18.5. The van der Waals surface area contributed by atoms with Gasteiger partial charge < -0.3 is 10.1 Å². The summed E-state index contributed by atoms with van der Waals surface area (Å²) < 4.78 is 6.66. The van der Waals surface area contributed by atoms with Gasteiger partial charge in [-0.2, -0.15) is 0 Å². The van der Waals surface area contributed by atoms with E-state index in [0.29, 0.717) is 22.6 Å². The number of rotatable bonds is 6. The smallest absolute Gasteiger partial charge is 0.326 e. The number of aromatic nitrogens is 2. The van der Waals surface area contributed by atoms with Crippen molar-refractivity contribution >= 4 is 34.2 Å². The SMILES string of the molecule is CCC1(c2ccccc2)NC(=O)N(CC(=O)OCc2cc(=O)n3c(C)csc3n2)C1=O. The van der Waals surface area contributed by atoms with Crippen LogP contribution < -0.4 is 10.9 Å². The lowest BCUT2D eigenvalue weighted by molar-refractivity contribution is -0.149. The first-order chi connectivity index (χ1) is 14.9. The van der Waals surface area contributed by atoms with Crippen molar-refractivity contribution in [3.05, 3.63) is 69.1 Å². The summed E-state index contributed by atoms with van der Waals surface area (Å²) in [4.78, 5) is 55.7. The molecule has 9 nitrogen and oxygen atoms in total. The van der Waals surface area contributed by atoms with Gasteiger partial charge in [-0.1, -0.05) is 37.3 Å². The lowest BCUT2D eigenvalue weighted by Gasteiger charge is -2.25. The fraction of sp³-hybridized carbons (Fsp3) is 0.286. The Hall–Kier alpha value is -3.53. The molecule has 160 valence electrons. The topological polar surface area (TPSA) is 110 Å². The van der Waals surface area contributed by atoms with E-state index in [1.54, 1.807) is 38.1 Å². The molecule has 0 saturated carbocycles. The number of fused-ring (bicyclic) bond motifs is 1. The molecule has 0 aliphatic carbocycles. The van der Waals surface area contributed by atoms with E-state index in [-0.39, 0.29) is 12.2 Å². The van der Waals surface area contributed by atoms with Gasteiger partial charge in [0.25, 0.3) is 11.5 Å². The summed E-state index contributed by atoms with van der Waals surface area (Å²) in [7, 11) is 0. The zero-order valence-electron chi connectivity index (χ0n) is 17.0. The number of benzene rings is 1. The Morgan fingerprint density at radius 2 is 1.97 bits per heavy atom. The lowest BCUT2D eigenvalue weighted by Crippen LogP contribution is -2.44. The number of urea groups is 1. The monoisotopic (exact) mass is 440 g/mol. The number of nitrogens with one attached hydrogen (secondary N) is 1. The highest BCUT2D eigenvalue weighted by molar-refractivity contribution is 7.15. The van der Waals surface area contributed by atoms with E-state index in [9.17, 15) is 19.2 Å². The van der Waals surface area contributed by atoms with Crippen LogP contribution in [0.4, 0.5) is 4.79 Å². The zero-order valence-corrected chi connectivity index (χ0v) is 17.8. The third-order valence-electron chi connectivity index (χ3n) is 5.27. The van der Waals surface area contributed by atoms with Crippen molar-refractivity contribution in [2.24, 2.45) is 0 Å². The number of hydrogen-bond acceptors (Lipinski definition) is 7. The Balaban J connectivity index is 1.46. The van der Waals surface area contributed by atoms with Gasteiger partial charge in [-0.25, -0.2) is 9.78 Å². The van der Waals surface area contributed by atoms with Crippen LogP contribution in [0.15, 0.2) is 46.6 Å². The number of carbonyl (C=O) groups is 3. The third kappa shape index (κ3) is 3.59. The molecule has 31 heavy (non-hydrogen) atoms. The van der Waals surface area contributed by atoms with Gasteiger partial charge in [-0.3, -0.25) is 23.7 Å². The Labute approximate surface area is 181 Å². The van der Waals surface area contributed by atoms with Crippen LogP contribution in [0.5, 0.6) is 0 Å². The van der Waals surface area contributed by atoms with Crippen molar-refractivity contribution in [3.8, 4) is 0 Å². The van der Waals surface area contributed by atoms with E-state index in [1.165, 1.54) is 21.8 Å². The highest BCUT2D eigenvalue weighted by Gasteiger charge is 2.51. The second-order valence-electron chi connectivity index (χ2n) is 7.19. The fourth-order valence-electron chi connectivity index (χ4n) is 3.64. The van der Waals surface area contributed by atoms with Gasteiger partial charge in [0.1, 0.15) is 18.7 Å². The second kappa shape index (κ2) is 7.95. The molecule has 4 rings (SSSR count). The number of carbonyl (C=O) groups excluding carboxylic acids is 3. The van der Waals surface area contributed by atoms with Gasteiger partial charge >= 0.3 is 12.0 Å². The van der Waals surface area contributed by atoms with Gasteiger partial charge in [-0.05, 0) is 18.9 Å². The van der Waals surface area contributed by atoms with Gasteiger partial charge in [0.15, 0.2) is 4.96 Å². The number of imide groups is 1. The van der Waals surface area contributed by atoms with E-state index in [4.69, 9.17) is 4.74 Å². The van der Waals surface area contributed by atoms with Crippen molar-refractivity contribution in [2.75, 3.05) is 6.54 Å². The maximum Gasteiger partial charge on any atom is 0.326 e. The third-order valence-corrected chi connectivity index (χ3v) is 6.21. The molecule has 1 aliphatic rings. The first-order valence-corrected chi connectivity index (χ1v) is 10.6. The van der Waals surface area contributed by atoms with Crippen molar-refractivity contribution < 1.29 is 19.1 Å². The molecule has 3 amide bonds. The Morgan fingerprint density at radius 1 is 1.23 bits per heavy atom. The summed E-state index contributed by atoms with van der Waals surface area (Å²) >= 11 is 1.31. The van der Waals surface area contributed by atoms with E-state index in [1.807, 2.05) is 11.4 Å². The molecule has 1 N–H and O–H groups in total. The number of ether oxygens (including phenoxy) is 1. The molecule has 0 bridgehead atoms. The predicted molar refractivity (Wildman–Crippen MR) is 113 cm³/mol. The Morgan fingerprint density at radius 3 is 2.68 bits per heavy atom. The van der Waals surface area contributed by atoms with Crippen LogP contribution in [0.25, 0.3) is 4.96 Å². The lowest BCUT2D eigenvalue weighted by atomic mass is 9.87. The second-order valence-corrected chi connectivity index (χ2v) is 8.02. The zero-order chi connectivity index (χ0) is 22.2. The average molecular weight is 440 g/mol. The van der Waals surface area contributed by atoms with E-state index in [2.05, 4.69) is 10.3 Å². The summed E-state index contributed by atoms with van der Waals surface area (Å²) in [6.45, 7) is 2.83. The van der Waals surface area contributed by atoms with Gasteiger partial charge in [0.2, 0.25) is 0 Å². The quantitative estimate of drug-likeness (QED) is 0.464. The molecule has 1 aliphatic heterocycles. The molecule has 2 aromatic heterocycles. The minimum absolute atomic E-state index is 0.233. The van der Waals surface area contributed by atoms with E-state index < -0.39 is 30.0 Å². The standard InChI is InChI=1S/C21H20N4O5S/c1-3-21(14-7-5-4-6-8-14)18(28)24(19(29)23-21)10-17(27)30-11-15-9-16(26)25-13(2)12-31-20(25)22-15/h4-9,12H,3,10-11H2,1-2H3,(H,23,29). The van der Waals surface area contributed by atoms with Crippen LogP contribution in [-0.4, -0.2) is 38.7 Å². The maximum absolute atomic E-state index is 13.1. The van der Waals surface area contributed by atoms with Crippen molar-refractivity contribution in [1.82, 2.24) is 19.6 Å². The highest BCUT2D eigenvalue weighted by atomic mass is 32.1. The van der Waals surface area contributed by atoms with Crippen LogP contribution in [0.1, 0.15) is 30.3 Å². The van der Waals surface area contributed by atoms with Crippen molar-refractivity contribution in [3.63, 3.8) is 0 Å². The molecular formula is C21H20N4O5S. The molecule has 1 saturated heterocycles. The minimum atomic E-state index is -1.21. The largest absolute Gasteiger partial charge is 0.458 e. The maximum atomic E-state index is 13.1. The number of esters is 1. The molecule has 1 aromatic carbocycles. The first-order valence-electron chi connectivity index (χ1n) is 9.68. The summed E-state index contributed by atoms with van der Waals surface area (Å²) in [5.74, 6) is -1.28. The van der Waals surface area contributed by atoms with Gasteiger partial charge in [0.05, 0.1) is 5.69 Å². The van der Waals surface area contributed by atoms with Crippen LogP contribution >= 0.6 is 11.3 Å². The summed E-state index contributed by atoms with van der Waals surface area (Å²) in [6.07, 6.45) is 0.335. The summed E-state index contributed by atoms with van der Waals surface area (Å²) in [5, 5.41) is 4.53. The van der Waals surface area contributed by atoms with Crippen LogP contribution in [0.3, 0.4) is 0 Å². The number of nitrogens with zero attached hydrogens (tertiary/aromatic N) is 3. The fourth-order valence-corrected chi connectivity index (χ4v) is 4.53. The number of thiazole rings is 1. The number of amides is 3. The predicted octanol–water partition coefficient (Wildman–Crippen LogP) is 1.96. The molecular weight excluding hydrogens is 420 g/mol. The molecule has 3 heterocycles. The van der Waals surface area contributed by atoms with Gasteiger partial charge in [-0.15, -0.1) is 11.3 Å². The molecule has 1 atom stereocenters. The van der Waals surface area contributed by atoms with E-state index in [0.717, 1.165) is 10.6 Å². The Kier molecular flexibility index (Phi) is 5.32. The summed E-state index contributed by atoms with van der Waals surface area (Å²) in [6, 6.07) is 9.55. The molecule has 0 radical (unpaired) electrons. The average Bonchev–Trinajstić information content (AvgIpc) is 3.26. The highest BCUT2D eigenvalue weighted by Crippen LogP contribution is 2.32. The first kappa shape index (κ1) is 20.7. The van der Waals surface area contributed by atoms with Crippen LogP contribution in [0, 0.1) is 6.92 Å².